The highest BCUT2D eigenvalue weighted by Crippen LogP contribution is 2.45. The Balaban J connectivity index is 1.83. The van der Waals surface area contributed by atoms with E-state index in [1.807, 2.05) is 20.8 Å². The van der Waals surface area contributed by atoms with Crippen molar-refractivity contribution in [1.29, 1.82) is 5.41 Å². The predicted molar refractivity (Wildman–Crippen MR) is 120 cm³/mol. The Kier molecular flexibility index (Phi) is 5.73. The topological polar surface area (TPSA) is 94.1 Å². The summed E-state index contributed by atoms with van der Waals surface area (Å²) in [4.78, 5) is 7.94. The van der Waals surface area contributed by atoms with Crippen molar-refractivity contribution in [3.8, 4) is 34.5 Å². The van der Waals surface area contributed by atoms with Gasteiger partial charge in [0.15, 0.2) is 0 Å². The fraction of sp³-hybridized carbons (Fsp3) is 0.240. The van der Waals surface area contributed by atoms with Crippen LogP contribution < -0.4 is 10.5 Å². The highest BCUT2D eigenvalue weighted by atomic mass is 19.1. The van der Waals surface area contributed by atoms with Crippen LogP contribution in [0.4, 0.5) is 8.78 Å². The SMILES string of the molecule is CC(C)(C)C#Cc1cc2c(cn1)Oc1ccc(-c3c(F)ccnc3F)cc1C2COC(=N)N. The van der Waals surface area contributed by atoms with Crippen LogP contribution in [0.3, 0.4) is 0 Å². The minimum Gasteiger partial charge on any atom is -0.465 e. The van der Waals surface area contributed by atoms with Gasteiger partial charge >= 0.3 is 0 Å². The molecule has 1 unspecified atom stereocenters. The summed E-state index contributed by atoms with van der Waals surface area (Å²) >= 11 is 0. The number of hydrogen-bond acceptors (Lipinski definition) is 5. The van der Waals surface area contributed by atoms with Crippen LogP contribution in [-0.2, 0) is 4.74 Å². The molecule has 33 heavy (non-hydrogen) atoms. The first-order valence-corrected chi connectivity index (χ1v) is 10.2. The van der Waals surface area contributed by atoms with E-state index >= 15 is 0 Å². The second kappa shape index (κ2) is 8.51. The number of fused-ring (bicyclic) bond motifs is 2. The van der Waals surface area contributed by atoms with Crippen LogP contribution in [0.5, 0.6) is 11.5 Å². The van der Waals surface area contributed by atoms with Gasteiger partial charge in [0.05, 0.1) is 17.7 Å². The Morgan fingerprint density at radius 1 is 1.15 bits per heavy atom. The van der Waals surface area contributed by atoms with Gasteiger partial charge in [-0.25, -0.2) is 14.4 Å². The molecule has 3 aromatic rings. The minimum absolute atomic E-state index is 0.0241. The molecular formula is C25H22F2N4O2. The van der Waals surface area contributed by atoms with Gasteiger partial charge in [0, 0.05) is 22.7 Å². The van der Waals surface area contributed by atoms with Gasteiger partial charge in [0.1, 0.15) is 29.6 Å². The molecule has 168 valence electrons. The molecule has 0 aliphatic carbocycles. The van der Waals surface area contributed by atoms with Crippen LogP contribution in [-0.4, -0.2) is 22.6 Å². The van der Waals surface area contributed by atoms with Gasteiger partial charge in [-0.1, -0.05) is 12.0 Å². The Bertz CT molecular complexity index is 1290. The summed E-state index contributed by atoms with van der Waals surface area (Å²) in [7, 11) is 0. The van der Waals surface area contributed by atoms with Crippen LogP contribution in [0, 0.1) is 34.4 Å². The number of nitrogens with zero attached hydrogens (tertiary/aromatic N) is 2. The molecule has 0 amide bonds. The molecule has 1 atom stereocenters. The molecule has 3 N–H and O–H groups in total. The summed E-state index contributed by atoms with van der Waals surface area (Å²) in [6, 6.07) is 7.29. The van der Waals surface area contributed by atoms with Gasteiger partial charge < -0.3 is 15.2 Å². The molecule has 1 aliphatic rings. The third kappa shape index (κ3) is 4.77. The lowest BCUT2D eigenvalue weighted by atomic mass is 9.87. The minimum atomic E-state index is -0.910. The van der Waals surface area contributed by atoms with E-state index in [1.165, 1.54) is 0 Å². The number of pyridine rings is 2. The molecule has 0 spiro atoms. The number of nitrogens with one attached hydrogen (secondary N) is 1. The van der Waals surface area contributed by atoms with Crippen molar-refractivity contribution >= 4 is 6.02 Å². The van der Waals surface area contributed by atoms with Crippen molar-refractivity contribution in [2.24, 2.45) is 11.1 Å². The zero-order valence-electron chi connectivity index (χ0n) is 18.4. The number of amidine groups is 1. The molecular weight excluding hydrogens is 426 g/mol. The Morgan fingerprint density at radius 3 is 2.61 bits per heavy atom. The first kappa shape index (κ1) is 22.2. The highest BCUT2D eigenvalue weighted by molar-refractivity contribution is 5.69. The molecule has 0 bridgehead atoms. The maximum atomic E-state index is 14.4. The maximum Gasteiger partial charge on any atom is 0.279 e. The second-order valence-electron chi connectivity index (χ2n) is 8.65. The van der Waals surface area contributed by atoms with Crippen molar-refractivity contribution in [3.63, 3.8) is 0 Å². The molecule has 1 aromatic carbocycles. The largest absolute Gasteiger partial charge is 0.465 e. The van der Waals surface area contributed by atoms with Gasteiger partial charge in [0.25, 0.3) is 6.02 Å². The fourth-order valence-corrected chi connectivity index (χ4v) is 3.52. The molecule has 2 aromatic heterocycles. The number of hydrogen-bond donors (Lipinski definition) is 2. The number of halogens is 2. The average molecular weight is 448 g/mol. The van der Waals surface area contributed by atoms with E-state index in [0.29, 0.717) is 28.3 Å². The molecule has 6 nitrogen and oxygen atoms in total. The molecule has 0 fully saturated rings. The third-order valence-electron chi connectivity index (χ3n) is 4.99. The molecule has 4 rings (SSSR count). The first-order chi connectivity index (χ1) is 15.6. The van der Waals surface area contributed by atoms with Gasteiger partial charge in [0.2, 0.25) is 5.95 Å². The summed E-state index contributed by atoms with van der Waals surface area (Å²) < 4.78 is 40.0. The van der Waals surface area contributed by atoms with Crippen LogP contribution >= 0.6 is 0 Å². The number of ether oxygens (including phenoxy) is 2. The summed E-state index contributed by atoms with van der Waals surface area (Å²) in [6.07, 6.45) is 2.66. The highest BCUT2D eigenvalue weighted by Gasteiger charge is 2.30. The predicted octanol–water partition coefficient (Wildman–Crippen LogP) is 4.97. The van der Waals surface area contributed by atoms with E-state index < -0.39 is 23.7 Å². The normalized spacial score (nSPS) is 14.3. The Morgan fingerprint density at radius 2 is 1.91 bits per heavy atom. The fourth-order valence-electron chi connectivity index (χ4n) is 3.52. The Labute approximate surface area is 190 Å². The zero-order chi connectivity index (χ0) is 23.8. The van der Waals surface area contributed by atoms with Crippen LogP contribution in [0.15, 0.2) is 42.7 Å². The van der Waals surface area contributed by atoms with Crippen LogP contribution in [0.25, 0.3) is 11.1 Å². The van der Waals surface area contributed by atoms with Gasteiger partial charge in [-0.2, -0.15) is 4.39 Å². The molecule has 3 heterocycles. The van der Waals surface area contributed by atoms with E-state index in [9.17, 15) is 8.78 Å². The number of rotatable bonds is 3. The van der Waals surface area contributed by atoms with E-state index in [1.54, 1.807) is 30.5 Å². The molecule has 0 saturated heterocycles. The lowest BCUT2D eigenvalue weighted by Gasteiger charge is -2.28. The number of aromatic nitrogens is 2. The average Bonchev–Trinajstić information content (AvgIpc) is 2.74. The summed E-state index contributed by atoms with van der Waals surface area (Å²) in [5.41, 5.74) is 7.19. The van der Waals surface area contributed by atoms with Gasteiger partial charge in [-0.15, -0.1) is 0 Å². The number of nitrogens with two attached hydrogens (primary N) is 1. The monoisotopic (exact) mass is 448 g/mol. The lowest BCUT2D eigenvalue weighted by Crippen LogP contribution is -2.22. The van der Waals surface area contributed by atoms with Crippen molar-refractivity contribution in [3.05, 3.63) is 71.3 Å². The summed E-state index contributed by atoms with van der Waals surface area (Å²) in [5, 5.41) is 7.47. The van der Waals surface area contributed by atoms with Crippen molar-refractivity contribution in [1.82, 2.24) is 9.97 Å². The smallest absolute Gasteiger partial charge is 0.279 e. The zero-order valence-corrected chi connectivity index (χ0v) is 18.4. The van der Waals surface area contributed by atoms with Crippen LogP contribution in [0.1, 0.15) is 43.5 Å². The summed E-state index contributed by atoms with van der Waals surface area (Å²) in [6.45, 7) is 6.02. The lowest BCUT2D eigenvalue weighted by molar-refractivity contribution is 0.274. The van der Waals surface area contributed by atoms with Gasteiger partial charge in [-0.05, 0) is 56.5 Å². The van der Waals surface area contributed by atoms with E-state index in [4.69, 9.17) is 20.6 Å². The van der Waals surface area contributed by atoms with Crippen molar-refractivity contribution < 1.29 is 18.3 Å². The first-order valence-electron chi connectivity index (χ1n) is 10.2. The van der Waals surface area contributed by atoms with Crippen molar-refractivity contribution in [2.75, 3.05) is 6.61 Å². The van der Waals surface area contributed by atoms with E-state index in [0.717, 1.165) is 17.8 Å². The van der Waals surface area contributed by atoms with Gasteiger partial charge in [-0.3, -0.25) is 5.41 Å². The maximum absolute atomic E-state index is 14.4. The molecule has 8 heteroatoms. The summed E-state index contributed by atoms with van der Waals surface area (Å²) in [5.74, 6) is 5.14. The molecule has 0 saturated carbocycles. The quantitative estimate of drug-likeness (QED) is 0.255. The number of benzene rings is 1. The van der Waals surface area contributed by atoms with E-state index in [-0.39, 0.29) is 17.6 Å². The standard InChI is InChI=1S/C25H22F2N4O2/c1-25(2,3)8-6-15-11-17-18(13-32-24(28)29)16-10-14(22-19(26)7-9-30-23(22)27)4-5-20(16)33-21(17)12-31-15/h4-5,7,9-12,18H,13H2,1-3H3,(H3,28,29). The van der Waals surface area contributed by atoms with E-state index in [2.05, 4.69) is 21.8 Å². The Hall–Kier alpha value is -3.99. The third-order valence-corrected chi connectivity index (χ3v) is 4.99. The molecule has 0 radical (unpaired) electrons. The molecule has 1 aliphatic heterocycles. The van der Waals surface area contributed by atoms with Crippen molar-refractivity contribution in [2.45, 2.75) is 26.7 Å². The van der Waals surface area contributed by atoms with Crippen LogP contribution in [0.2, 0.25) is 0 Å². The second-order valence-corrected chi connectivity index (χ2v) is 8.65.